The normalized spacial score (nSPS) is 16.4. The highest BCUT2D eigenvalue weighted by atomic mass is 16.5. The van der Waals surface area contributed by atoms with Crippen molar-refractivity contribution >= 4 is 109 Å². The molecule has 1 aliphatic carbocycles. The molecule has 8 aromatic carbocycles. The molecule has 0 spiro atoms. The summed E-state index contributed by atoms with van der Waals surface area (Å²) in [7, 11) is 0. The largest absolute Gasteiger partial charge is 0.468 e. The molecule has 9 aromatic rings. The summed E-state index contributed by atoms with van der Waals surface area (Å²) in [6, 6.07) is 64.5. The quantitative estimate of drug-likeness (QED) is 0.166. The summed E-state index contributed by atoms with van der Waals surface area (Å²) in [6.45, 7) is 9.42. The van der Waals surface area contributed by atoms with Gasteiger partial charge in [-0.05, 0) is 141 Å². The molecule has 7 heteroatoms. The summed E-state index contributed by atoms with van der Waals surface area (Å²) in [5.41, 5.74) is 21.2. The Hall–Kier alpha value is -7.37. The lowest BCUT2D eigenvalue weighted by molar-refractivity contribution is 0.332. The van der Waals surface area contributed by atoms with Gasteiger partial charge in [0.2, 0.25) is 0 Å². The molecule has 310 valence electrons. The second-order valence-corrected chi connectivity index (χ2v) is 19.9. The summed E-state index contributed by atoms with van der Waals surface area (Å²) < 4.78 is 14.4. The smallest absolute Gasteiger partial charge is 0.297 e. The Bertz CT molecular complexity index is 3470. The lowest BCUT2D eigenvalue weighted by Crippen LogP contribution is -2.64. The van der Waals surface area contributed by atoms with E-state index in [1.165, 1.54) is 50.5 Å². The Morgan fingerprint density at radius 2 is 1.05 bits per heavy atom. The Morgan fingerprint density at radius 1 is 0.431 bits per heavy atom. The number of furan rings is 1. The molecule has 0 bridgehead atoms. The van der Waals surface area contributed by atoms with Crippen LogP contribution in [-0.2, 0) is 10.8 Å². The highest BCUT2D eigenvalue weighted by Gasteiger charge is 2.49. The first-order valence-corrected chi connectivity index (χ1v) is 23.1. The van der Waals surface area contributed by atoms with Crippen LogP contribution in [0.15, 0.2) is 180 Å². The van der Waals surface area contributed by atoms with Gasteiger partial charge in [-0.25, -0.2) is 0 Å². The molecule has 0 saturated heterocycles. The molecule has 5 heterocycles. The minimum atomic E-state index is -0.190. The molecule has 0 fully saturated rings. The average Bonchev–Trinajstić information content (AvgIpc) is 3.72. The van der Waals surface area contributed by atoms with Crippen LogP contribution < -0.4 is 52.4 Å². The number of rotatable bonds is 3. The third-order valence-electron chi connectivity index (χ3n) is 15.3. The molecule has 5 nitrogen and oxygen atoms in total. The number of para-hydroxylation sites is 4. The standard InChI is InChI=1S/C58H45B2N3O2/c1-57(2)31-32-58(3,4)41-33-38(29-30-40(41)57)62-46-24-15-25-47-53(46)60(56-55(39-21-11-14-27-50(39)65-56)63(47)37-19-9-6-10-20-37)43-34-44-52(35-49(43)62)64-51-28-16-26-48-54(51)59(44)42-22-12-13-23-45(42)61(48)36-17-7-5-8-18-36/h5-30,33-35H,31-32H2,1-4H3. The van der Waals surface area contributed by atoms with Gasteiger partial charge in [0.1, 0.15) is 17.1 Å². The Morgan fingerprint density at radius 3 is 1.83 bits per heavy atom. The predicted octanol–water partition coefficient (Wildman–Crippen LogP) is 11.3. The van der Waals surface area contributed by atoms with Gasteiger partial charge in [-0.15, -0.1) is 0 Å². The van der Waals surface area contributed by atoms with E-state index in [0.717, 1.165) is 80.0 Å². The Labute approximate surface area is 380 Å². The van der Waals surface area contributed by atoms with Crippen LogP contribution in [0.1, 0.15) is 51.7 Å². The molecule has 0 atom stereocenters. The molecule has 0 N–H and O–H groups in total. The van der Waals surface area contributed by atoms with Gasteiger partial charge in [-0.2, -0.15) is 0 Å². The van der Waals surface area contributed by atoms with E-state index in [0.29, 0.717) is 0 Å². The van der Waals surface area contributed by atoms with E-state index < -0.39 is 0 Å². The lowest BCUT2D eigenvalue weighted by Gasteiger charge is -2.45. The van der Waals surface area contributed by atoms with Crippen LogP contribution in [0.5, 0.6) is 11.5 Å². The Kier molecular flexibility index (Phi) is 7.47. The number of ether oxygens (including phenoxy) is 1. The third kappa shape index (κ3) is 5.07. The van der Waals surface area contributed by atoms with Gasteiger partial charge in [0.05, 0.1) is 11.3 Å². The lowest BCUT2D eigenvalue weighted by atomic mass is 9.31. The van der Waals surface area contributed by atoms with Crippen molar-refractivity contribution in [3.8, 4) is 11.5 Å². The fourth-order valence-electron chi connectivity index (χ4n) is 12.2. The summed E-state index contributed by atoms with van der Waals surface area (Å²) in [5.74, 6) is 1.78. The average molecular weight is 838 g/mol. The highest BCUT2D eigenvalue weighted by Crippen LogP contribution is 2.51. The maximum Gasteiger partial charge on any atom is 0.297 e. The molecule has 0 saturated carbocycles. The van der Waals surface area contributed by atoms with Crippen molar-refractivity contribution in [3.63, 3.8) is 0 Å². The molecular formula is C58H45B2N3O2. The van der Waals surface area contributed by atoms with Gasteiger partial charge in [-0.3, -0.25) is 0 Å². The van der Waals surface area contributed by atoms with Gasteiger partial charge >= 0.3 is 0 Å². The van der Waals surface area contributed by atoms with Crippen molar-refractivity contribution in [3.05, 3.63) is 187 Å². The first kappa shape index (κ1) is 37.0. The van der Waals surface area contributed by atoms with E-state index in [9.17, 15) is 0 Å². The summed E-state index contributed by atoms with van der Waals surface area (Å²) >= 11 is 0. The number of anilines is 9. The van der Waals surface area contributed by atoms with Crippen LogP contribution in [0.25, 0.3) is 11.0 Å². The third-order valence-corrected chi connectivity index (χ3v) is 15.3. The van der Waals surface area contributed by atoms with Crippen molar-refractivity contribution in [1.29, 1.82) is 0 Å². The van der Waals surface area contributed by atoms with Gasteiger partial charge in [-0.1, -0.05) is 119 Å². The van der Waals surface area contributed by atoms with Gasteiger partial charge in [0, 0.05) is 57.0 Å². The zero-order valence-corrected chi connectivity index (χ0v) is 37.0. The summed E-state index contributed by atoms with van der Waals surface area (Å²) in [6.07, 6.45) is 2.31. The SMILES string of the molecule is CC1(C)CCC(C)(C)c2cc(N3c4cc5c(cc4B4c6oc7ccccc7c6N(c6ccccc6)c6cccc3c64)B3c4ccccc4N(c4ccccc4)c4cccc(c43)O5)ccc21. The van der Waals surface area contributed by atoms with E-state index in [1.54, 1.807) is 0 Å². The second-order valence-electron chi connectivity index (χ2n) is 19.9. The van der Waals surface area contributed by atoms with E-state index in [2.05, 4.69) is 218 Å². The molecule has 4 aliphatic heterocycles. The molecule has 1 aromatic heterocycles. The fraction of sp³-hybridized carbons (Fsp3) is 0.138. The molecule has 0 unspecified atom stereocenters. The van der Waals surface area contributed by atoms with Crippen LogP contribution in [0.3, 0.4) is 0 Å². The number of hydrogen-bond acceptors (Lipinski definition) is 5. The maximum absolute atomic E-state index is 7.23. The van der Waals surface area contributed by atoms with Crippen molar-refractivity contribution < 1.29 is 9.15 Å². The molecule has 0 amide bonds. The van der Waals surface area contributed by atoms with Crippen LogP contribution in [-0.4, -0.2) is 13.4 Å². The molecule has 5 aliphatic rings. The minimum absolute atomic E-state index is 0.0355. The van der Waals surface area contributed by atoms with Crippen LogP contribution in [0.4, 0.5) is 51.2 Å². The number of benzene rings is 8. The van der Waals surface area contributed by atoms with Crippen LogP contribution >= 0.6 is 0 Å². The zero-order valence-electron chi connectivity index (χ0n) is 37.0. The number of fused-ring (bicyclic) bond motifs is 11. The fourth-order valence-corrected chi connectivity index (χ4v) is 12.2. The van der Waals surface area contributed by atoms with E-state index in [4.69, 9.17) is 9.15 Å². The number of nitrogens with zero attached hydrogens (tertiary/aromatic N) is 3. The van der Waals surface area contributed by atoms with Gasteiger partial charge in [0.25, 0.3) is 13.4 Å². The van der Waals surface area contributed by atoms with Crippen molar-refractivity contribution in [2.24, 2.45) is 0 Å². The van der Waals surface area contributed by atoms with Crippen LogP contribution in [0, 0.1) is 0 Å². The first-order valence-electron chi connectivity index (χ1n) is 23.1. The van der Waals surface area contributed by atoms with E-state index >= 15 is 0 Å². The molecule has 65 heavy (non-hydrogen) atoms. The molecule has 14 rings (SSSR count). The topological polar surface area (TPSA) is 32.1 Å². The summed E-state index contributed by atoms with van der Waals surface area (Å²) in [4.78, 5) is 7.37. The predicted molar refractivity (Wildman–Crippen MR) is 271 cm³/mol. The maximum atomic E-state index is 7.23. The number of hydrogen-bond donors (Lipinski definition) is 0. The minimum Gasteiger partial charge on any atom is -0.468 e. The van der Waals surface area contributed by atoms with Gasteiger partial charge < -0.3 is 23.9 Å². The van der Waals surface area contributed by atoms with Crippen molar-refractivity contribution in [2.75, 3.05) is 14.7 Å². The second kappa shape index (κ2) is 13.1. The summed E-state index contributed by atoms with van der Waals surface area (Å²) in [5, 5.41) is 1.10. The monoisotopic (exact) mass is 837 g/mol. The molecule has 0 radical (unpaired) electrons. The van der Waals surface area contributed by atoms with Crippen LogP contribution in [0.2, 0.25) is 0 Å². The van der Waals surface area contributed by atoms with Crippen molar-refractivity contribution in [2.45, 2.75) is 51.4 Å². The van der Waals surface area contributed by atoms with E-state index in [1.807, 2.05) is 0 Å². The van der Waals surface area contributed by atoms with Gasteiger partial charge in [0.15, 0.2) is 0 Å². The van der Waals surface area contributed by atoms with E-state index in [-0.39, 0.29) is 24.3 Å². The molecular weight excluding hydrogens is 792 g/mol. The Balaban J connectivity index is 1.07. The van der Waals surface area contributed by atoms with Crippen molar-refractivity contribution in [1.82, 2.24) is 0 Å². The highest BCUT2D eigenvalue weighted by molar-refractivity contribution is 7.02. The zero-order chi connectivity index (χ0) is 43.3. The first-order chi connectivity index (χ1) is 31.7.